The van der Waals surface area contributed by atoms with Gasteiger partial charge in [0.25, 0.3) is 0 Å². The van der Waals surface area contributed by atoms with Crippen LogP contribution in [0.15, 0.2) is 134 Å². The van der Waals surface area contributed by atoms with Crippen LogP contribution in [0.5, 0.6) is 5.75 Å². The van der Waals surface area contributed by atoms with Crippen LogP contribution in [0.25, 0.3) is 72.7 Å². The molecule has 0 amide bonds. The van der Waals surface area contributed by atoms with E-state index in [-0.39, 0.29) is 48.5 Å². The van der Waals surface area contributed by atoms with Crippen molar-refractivity contribution in [2.24, 2.45) is 0 Å². The number of nitrogens with zero attached hydrogens (tertiary/aromatic N) is 3. The Morgan fingerprint density at radius 2 is 1.14 bits per heavy atom. The quantitative estimate of drug-likeness (QED) is 0.169. The van der Waals surface area contributed by atoms with E-state index in [1.165, 1.54) is 16.7 Å². The van der Waals surface area contributed by atoms with Gasteiger partial charge in [-0.2, -0.15) is 0 Å². The second-order valence-electron chi connectivity index (χ2n) is 21.5. The first-order valence-electron chi connectivity index (χ1n) is 22.3. The number of phenols is 1. The van der Waals surface area contributed by atoms with E-state index >= 15 is 0 Å². The Labute approximate surface area is 396 Å². The summed E-state index contributed by atoms with van der Waals surface area (Å²) in [7, 11) is 0. The van der Waals surface area contributed by atoms with Crippen molar-refractivity contribution < 1.29 is 26.2 Å². The predicted octanol–water partition coefficient (Wildman–Crippen LogP) is 15.8. The molecule has 0 radical (unpaired) electrons. The molecule has 0 bridgehead atoms. The Morgan fingerprint density at radius 3 is 1.78 bits per heavy atom. The molecule has 0 atom stereocenters. The van der Waals surface area contributed by atoms with Crippen molar-refractivity contribution in [1.29, 1.82) is 0 Å². The largest absolute Gasteiger partial charge is 0.507 e. The maximum absolute atomic E-state index is 12.5. The zero-order valence-corrected chi connectivity index (χ0v) is 42.1. The topological polar surface area (TPSA) is 50.9 Å². The summed E-state index contributed by atoms with van der Waals surface area (Å²) in [4.78, 5) is 10.6. The third-order valence-electron chi connectivity index (χ3n) is 12.3. The van der Waals surface area contributed by atoms with Gasteiger partial charge in [0.2, 0.25) is 0 Å². The second-order valence-corrected chi connectivity index (χ2v) is 21.5. The number of fused-ring (bicyclic) bond motifs is 1. The van der Waals surface area contributed by atoms with Gasteiger partial charge in [0, 0.05) is 44.1 Å². The van der Waals surface area contributed by atoms with Crippen molar-refractivity contribution in [3.63, 3.8) is 0 Å². The molecule has 6 aromatic carbocycles. The Balaban J connectivity index is 0.00000612. The van der Waals surface area contributed by atoms with Gasteiger partial charge in [-0.25, -0.2) is 4.98 Å². The molecule has 0 saturated carbocycles. The number of rotatable bonds is 6. The van der Waals surface area contributed by atoms with E-state index < -0.39 is 0 Å². The van der Waals surface area contributed by atoms with Crippen molar-refractivity contribution in [2.75, 3.05) is 0 Å². The van der Waals surface area contributed by atoms with E-state index in [1.54, 1.807) is 0 Å². The van der Waals surface area contributed by atoms with Crippen molar-refractivity contribution in [3.05, 3.63) is 167 Å². The van der Waals surface area contributed by atoms with E-state index in [0.717, 1.165) is 72.5 Å². The number of pyridine rings is 1. The summed E-state index contributed by atoms with van der Waals surface area (Å²) in [5, 5.41) is 12.5. The van der Waals surface area contributed by atoms with Gasteiger partial charge < -0.3 is 5.11 Å². The molecule has 0 unspecified atom stereocenters. The Hall–Kier alpha value is -5.57. The molecule has 64 heavy (non-hydrogen) atoms. The first-order chi connectivity index (χ1) is 29.6. The van der Waals surface area contributed by atoms with Gasteiger partial charge in [0.05, 0.1) is 22.3 Å². The molecular weight excluding hydrogens is 962 g/mol. The Kier molecular flexibility index (Phi) is 12.4. The molecule has 5 heteroatoms. The number of hydrogen-bond donors (Lipinski definition) is 1. The summed E-state index contributed by atoms with van der Waals surface area (Å²) in [5.74, 6) is 0.941. The SMILES string of the molecule is Cc1ccc(-c2ccnc(-c3[c-]c(-c4cccc5c4nc(-c4cc(C(C)(C)C)cc(C(C)(C)C)c4O)n5-c4ccc(C(C)(C)C)cc4-c4ccccc4)cc(C(C)(C)C)c3)c2)cc1.[Pt]. The van der Waals surface area contributed by atoms with Crippen LogP contribution in [0.4, 0.5) is 0 Å². The second kappa shape index (κ2) is 17.1. The van der Waals surface area contributed by atoms with E-state index in [9.17, 15) is 5.11 Å². The van der Waals surface area contributed by atoms with Gasteiger partial charge in [0.1, 0.15) is 11.6 Å². The molecule has 0 spiro atoms. The minimum absolute atomic E-state index is 0. The number of para-hydroxylation sites is 1. The first kappa shape index (κ1) is 46.4. The van der Waals surface area contributed by atoms with Crippen LogP contribution in [0.2, 0.25) is 0 Å². The number of phenolic OH excluding ortho intramolecular Hbond substituents is 1. The van der Waals surface area contributed by atoms with Gasteiger partial charge in [-0.1, -0.05) is 185 Å². The number of hydrogen-bond acceptors (Lipinski definition) is 3. The monoisotopic (exact) mass is 1020 g/mol. The third-order valence-corrected chi connectivity index (χ3v) is 12.3. The summed E-state index contributed by atoms with van der Waals surface area (Å²) in [6.07, 6.45) is 1.90. The molecule has 0 fully saturated rings. The predicted molar refractivity (Wildman–Crippen MR) is 266 cm³/mol. The molecule has 0 aliphatic heterocycles. The van der Waals surface area contributed by atoms with Crippen LogP contribution in [-0.2, 0) is 42.7 Å². The zero-order chi connectivity index (χ0) is 45.2. The van der Waals surface area contributed by atoms with Crippen molar-refractivity contribution in [1.82, 2.24) is 14.5 Å². The average molecular weight is 1020 g/mol. The van der Waals surface area contributed by atoms with Gasteiger partial charge >= 0.3 is 0 Å². The maximum Gasteiger partial charge on any atom is 0.148 e. The zero-order valence-electron chi connectivity index (χ0n) is 39.8. The maximum atomic E-state index is 12.5. The van der Waals surface area contributed by atoms with Crippen molar-refractivity contribution >= 4 is 11.0 Å². The molecule has 1 N–H and O–H groups in total. The summed E-state index contributed by atoms with van der Waals surface area (Å²) in [6.45, 7) is 28.8. The summed E-state index contributed by atoms with van der Waals surface area (Å²) in [5.41, 5.74) is 16.6. The van der Waals surface area contributed by atoms with Crippen LogP contribution in [0.3, 0.4) is 0 Å². The fourth-order valence-electron chi connectivity index (χ4n) is 8.39. The minimum Gasteiger partial charge on any atom is -0.507 e. The molecular formula is C59H62N3OPt-. The van der Waals surface area contributed by atoms with E-state index in [4.69, 9.17) is 9.97 Å². The fraction of sp³-hybridized carbons (Fsp3) is 0.288. The molecule has 2 heterocycles. The summed E-state index contributed by atoms with van der Waals surface area (Å²) < 4.78 is 2.28. The molecule has 0 saturated heterocycles. The normalized spacial score (nSPS) is 12.4. The smallest absolute Gasteiger partial charge is 0.148 e. The van der Waals surface area contributed by atoms with Crippen LogP contribution < -0.4 is 0 Å². The number of imidazole rings is 1. The van der Waals surface area contributed by atoms with Crippen molar-refractivity contribution in [2.45, 2.75) is 112 Å². The summed E-state index contributed by atoms with van der Waals surface area (Å²) >= 11 is 0. The first-order valence-corrected chi connectivity index (χ1v) is 22.3. The molecule has 0 aliphatic carbocycles. The van der Waals surface area contributed by atoms with Crippen LogP contribution in [0, 0.1) is 13.0 Å². The number of aromatic hydroxyl groups is 1. The summed E-state index contributed by atoms with van der Waals surface area (Å²) in [6, 6.07) is 49.5. The number of aryl methyl sites for hydroxylation is 1. The standard InChI is InChI=1S/C59H62N3O.Pt/c1-37-22-24-38(25-23-37)40-28-29-60-50(33-40)42-30-41(31-44(32-42)57(5,6)7)46-20-17-21-52-53(46)61-55(48-35-45(58(8,9)10)36-49(54(48)63)59(11,12)13)62(52)51-27-26-43(56(2,3)4)34-47(51)39-18-15-14-16-19-39;/h14-29,31-36,63H,1-13H3;/q-1;. The third kappa shape index (κ3) is 9.18. The minimum atomic E-state index is -0.324. The molecule has 2 aromatic heterocycles. The van der Waals surface area contributed by atoms with Gasteiger partial charge in [-0.15, -0.1) is 29.3 Å². The Bertz CT molecular complexity index is 2980. The van der Waals surface area contributed by atoms with Crippen LogP contribution in [-0.4, -0.2) is 19.6 Å². The van der Waals surface area contributed by atoms with Crippen molar-refractivity contribution in [3.8, 4) is 67.5 Å². The molecule has 8 aromatic rings. The number of benzene rings is 6. The fourth-order valence-corrected chi connectivity index (χ4v) is 8.39. The van der Waals surface area contributed by atoms with E-state index in [0.29, 0.717) is 11.4 Å². The molecule has 0 aliphatic rings. The molecule has 8 rings (SSSR count). The molecule has 330 valence electrons. The van der Waals surface area contributed by atoms with E-state index in [2.05, 4.69) is 228 Å². The number of aromatic nitrogens is 3. The van der Waals surface area contributed by atoms with E-state index in [1.807, 2.05) is 6.20 Å². The van der Waals surface area contributed by atoms with Gasteiger partial charge in [-0.05, 0) is 86.7 Å². The van der Waals surface area contributed by atoms with Crippen LogP contribution >= 0.6 is 0 Å². The van der Waals surface area contributed by atoms with Gasteiger partial charge in [0.15, 0.2) is 0 Å². The van der Waals surface area contributed by atoms with Crippen LogP contribution in [0.1, 0.15) is 111 Å². The Morgan fingerprint density at radius 1 is 0.516 bits per heavy atom. The van der Waals surface area contributed by atoms with Gasteiger partial charge in [-0.3, -0.25) is 9.55 Å². The average Bonchev–Trinajstić information content (AvgIpc) is 3.62. The molecule has 4 nitrogen and oxygen atoms in total.